The number of rotatable bonds is 4. The number of carbonyl (C=O) groups is 1. The van der Waals surface area contributed by atoms with Crippen LogP contribution in [0.1, 0.15) is 20.9 Å². The van der Waals surface area contributed by atoms with Gasteiger partial charge in [0, 0.05) is 17.6 Å². The van der Waals surface area contributed by atoms with Crippen LogP contribution in [0, 0.1) is 12.7 Å². The standard InChI is InChI=1S/C13H14FN3O2S/c1-7-12(20-6-16-7)5-17(2)11-3-8(13(18)19)10(15)4-9(11)14/h3-4,6H,5,15H2,1-2H3,(H,18,19). The van der Waals surface area contributed by atoms with E-state index in [9.17, 15) is 9.18 Å². The second-order valence-corrected chi connectivity index (χ2v) is 5.35. The molecule has 0 aliphatic rings. The van der Waals surface area contributed by atoms with Gasteiger partial charge in [0.2, 0.25) is 0 Å². The molecule has 0 aliphatic carbocycles. The Labute approximate surface area is 119 Å². The first-order valence-corrected chi connectivity index (χ1v) is 6.70. The Morgan fingerprint density at radius 2 is 2.25 bits per heavy atom. The lowest BCUT2D eigenvalue weighted by Gasteiger charge is -2.20. The Morgan fingerprint density at radius 3 is 2.80 bits per heavy atom. The average Bonchev–Trinajstić information content (AvgIpc) is 2.74. The van der Waals surface area contributed by atoms with E-state index in [0.29, 0.717) is 6.54 Å². The van der Waals surface area contributed by atoms with Gasteiger partial charge in [-0.1, -0.05) is 0 Å². The van der Waals surface area contributed by atoms with Gasteiger partial charge < -0.3 is 15.7 Å². The number of anilines is 2. The number of aromatic nitrogens is 1. The molecule has 1 aromatic carbocycles. The van der Waals surface area contributed by atoms with Crippen LogP contribution in [-0.4, -0.2) is 23.1 Å². The molecule has 0 saturated heterocycles. The molecule has 0 amide bonds. The molecule has 0 saturated carbocycles. The van der Waals surface area contributed by atoms with Crippen molar-refractivity contribution < 1.29 is 14.3 Å². The van der Waals surface area contributed by atoms with Crippen molar-refractivity contribution in [3.05, 3.63) is 39.6 Å². The Hall–Kier alpha value is -2.15. The number of nitrogen functional groups attached to an aromatic ring is 1. The van der Waals surface area contributed by atoms with Crippen molar-refractivity contribution in [1.82, 2.24) is 4.98 Å². The second kappa shape index (κ2) is 5.46. The van der Waals surface area contributed by atoms with Crippen molar-refractivity contribution in [3.8, 4) is 0 Å². The van der Waals surface area contributed by atoms with Crippen molar-refractivity contribution in [3.63, 3.8) is 0 Å². The van der Waals surface area contributed by atoms with E-state index in [1.165, 1.54) is 17.4 Å². The van der Waals surface area contributed by atoms with E-state index in [1.54, 1.807) is 17.5 Å². The second-order valence-electron chi connectivity index (χ2n) is 4.41. The largest absolute Gasteiger partial charge is 0.478 e. The van der Waals surface area contributed by atoms with Crippen LogP contribution in [0.3, 0.4) is 0 Å². The van der Waals surface area contributed by atoms with Crippen molar-refractivity contribution in [2.45, 2.75) is 13.5 Å². The smallest absolute Gasteiger partial charge is 0.337 e. The van der Waals surface area contributed by atoms with Crippen LogP contribution < -0.4 is 10.6 Å². The minimum atomic E-state index is -1.17. The van der Waals surface area contributed by atoms with Crippen LogP contribution in [-0.2, 0) is 6.54 Å². The molecule has 3 N–H and O–H groups in total. The molecular formula is C13H14FN3O2S. The SMILES string of the molecule is Cc1ncsc1CN(C)c1cc(C(=O)O)c(N)cc1F. The fourth-order valence-corrected chi connectivity index (χ4v) is 2.66. The summed E-state index contributed by atoms with van der Waals surface area (Å²) < 4.78 is 13.9. The van der Waals surface area contributed by atoms with E-state index in [1.807, 2.05) is 6.92 Å². The molecule has 0 radical (unpaired) electrons. The summed E-state index contributed by atoms with van der Waals surface area (Å²) in [4.78, 5) is 17.8. The monoisotopic (exact) mass is 295 g/mol. The number of nitrogens with two attached hydrogens (primary N) is 1. The van der Waals surface area contributed by atoms with Gasteiger partial charge in [0.1, 0.15) is 5.82 Å². The lowest BCUT2D eigenvalue weighted by Crippen LogP contribution is -2.19. The number of benzene rings is 1. The zero-order valence-corrected chi connectivity index (χ0v) is 11.9. The van der Waals surface area contributed by atoms with Gasteiger partial charge in [0.15, 0.2) is 0 Å². The maximum absolute atomic E-state index is 13.9. The summed E-state index contributed by atoms with van der Waals surface area (Å²) in [7, 11) is 1.69. The number of carboxylic acid groups (broad SMARTS) is 1. The van der Waals surface area contributed by atoms with Crippen LogP contribution >= 0.6 is 11.3 Å². The predicted molar refractivity (Wildman–Crippen MR) is 76.7 cm³/mol. The molecule has 1 aromatic heterocycles. The number of hydrogen-bond donors (Lipinski definition) is 2. The predicted octanol–water partition coefficient (Wildman–Crippen LogP) is 2.51. The van der Waals surface area contributed by atoms with Crippen LogP contribution in [0.25, 0.3) is 0 Å². The summed E-state index contributed by atoms with van der Waals surface area (Å²) in [6, 6.07) is 2.29. The summed E-state index contributed by atoms with van der Waals surface area (Å²) in [6.45, 7) is 2.33. The zero-order chi connectivity index (χ0) is 14.9. The number of hydrogen-bond acceptors (Lipinski definition) is 5. The lowest BCUT2D eigenvalue weighted by molar-refractivity contribution is 0.0698. The highest BCUT2D eigenvalue weighted by molar-refractivity contribution is 7.09. The fraction of sp³-hybridized carbons (Fsp3) is 0.231. The molecule has 0 aliphatic heterocycles. The van der Waals surface area contributed by atoms with Crippen molar-refractivity contribution in [1.29, 1.82) is 0 Å². The molecule has 5 nitrogen and oxygen atoms in total. The summed E-state index contributed by atoms with van der Waals surface area (Å²) in [5, 5.41) is 9.03. The Balaban J connectivity index is 2.34. The molecule has 0 spiro atoms. The van der Waals surface area contributed by atoms with Gasteiger partial charge in [0.05, 0.1) is 29.0 Å². The lowest BCUT2D eigenvalue weighted by atomic mass is 10.1. The number of nitrogens with zero attached hydrogens (tertiary/aromatic N) is 2. The van der Waals surface area contributed by atoms with Gasteiger partial charge >= 0.3 is 5.97 Å². The molecule has 0 atom stereocenters. The normalized spacial score (nSPS) is 10.6. The number of thiazole rings is 1. The van der Waals surface area contributed by atoms with Gasteiger partial charge in [-0.3, -0.25) is 0 Å². The van der Waals surface area contributed by atoms with E-state index in [-0.39, 0.29) is 16.9 Å². The van der Waals surface area contributed by atoms with Crippen molar-refractivity contribution in [2.24, 2.45) is 0 Å². The third kappa shape index (κ3) is 2.72. The highest BCUT2D eigenvalue weighted by Gasteiger charge is 2.16. The minimum absolute atomic E-state index is 0.0823. The number of aryl methyl sites for hydroxylation is 1. The average molecular weight is 295 g/mol. The first kappa shape index (κ1) is 14.3. The van der Waals surface area contributed by atoms with Gasteiger partial charge in [-0.05, 0) is 19.1 Å². The van der Waals surface area contributed by atoms with Crippen molar-refractivity contribution >= 4 is 28.7 Å². The maximum Gasteiger partial charge on any atom is 0.337 e. The van der Waals surface area contributed by atoms with E-state index < -0.39 is 11.8 Å². The fourth-order valence-electron chi connectivity index (χ4n) is 1.83. The highest BCUT2D eigenvalue weighted by Crippen LogP contribution is 2.27. The summed E-state index contributed by atoms with van der Waals surface area (Å²) in [5.41, 5.74) is 8.13. The summed E-state index contributed by atoms with van der Waals surface area (Å²) in [6.07, 6.45) is 0. The Bertz CT molecular complexity index is 657. The van der Waals surface area contributed by atoms with E-state index in [2.05, 4.69) is 4.98 Å². The topological polar surface area (TPSA) is 79.5 Å². The summed E-state index contributed by atoms with van der Waals surface area (Å²) in [5.74, 6) is -1.72. The Morgan fingerprint density at radius 1 is 1.55 bits per heavy atom. The molecule has 2 aromatic rings. The third-order valence-electron chi connectivity index (χ3n) is 2.99. The van der Waals surface area contributed by atoms with Gasteiger partial charge in [-0.25, -0.2) is 14.2 Å². The molecular weight excluding hydrogens is 281 g/mol. The van der Waals surface area contributed by atoms with Crippen LogP contribution in [0.15, 0.2) is 17.6 Å². The molecule has 2 rings (SSSR count). The van der Waals surface area contributed by atoms with E-state index in [4.69, 9.17) is 10.8 Å². The molecule has 1 heterocycles. The minimum Gasteiger partial charge on any atom is -0.478 e. The third-order valence-corrected chi connectivity index (χ3v) is 3.91. The molecule has 0 fully saturated rings. The molecule has 7 heteroatoms. The van der Waals surface area contributed by atoms with Crippen LogP contribution in [0.2, 0.25) is 0 Å². The molecule has 106 valence electrons. The Kier molecular flexibility index (Phi) is 3.89. The van der Waals surface area contributed by atoms with Crippen LogP contribution in [0.4, 0.5) is 15.8 Å². The first-order valence-electron chi connectivity index (χ1n) is 5.82. The zero-order valence-electron chi connectivity index (χ0n) is 11.1. The summed E-state index contributed by atoms with van der Waals surface area (Å²) >= 11 is 1.48. The molecule has 20 heavy (non-hydrogen) atoms. The highest BCUT2D eigenvalue weighted by atomic mass is 32.1. The maximum atomic E-state index is 13.9. The number of halogens is 1. The van der Waals surface area contributed by atoms with E-state index in [0.717, 1.165) is 16.6 Å². The molecule has 0 bridgehead atoms. The van der Waals surface area contributed by atoms with E-state index >= 15 is 0 Å². The quantitative estimate of drug-likeness (QED) is 0.847. The molecule has 0 unspecified atom stereocenters. The van der Waals surface area contributed by atoms with Gasteiger partial charge in [-0.15, -0.1) is 11.3 Å². The van der Waals surface area contributed by atoms with Crippen LogP contribution in [0.5, 0.6) is 0 Å². The first-order chi connectivity index (χ1) is 9.40. The number of carboxylic acids is 1. The number of aromatic carboxylic acids is 1. The van der Waals surface area contributed by atoms with Gasteiger partial charge in [-0.2, -0.15) is 0 Å². The van der Waals surface area contributed by atoms with Gasteiger partial charge in [0.25, 0.3) is 0 Å². The van der Waals surface area contributed by atoms with Crippen molar-refractivity contribution in [2.75, 3.05) is 17.7 Å².